The average molecular weight is 269 g/mol. The van der Waals surface area contributed by atoms with Gasteiger partial charge in [-0.05, 0) is 11.8 Å². The summed E-state index contributed by atoms with van der Waals surface area (Å²) in [6.07, 6.45) is 18.9. The summed E-state index contributed by atoms with van der Waals surface area (Å²) in [6.45, 7) is 9.42. The Morgan fingerprint density at radius 3 is 1.47 bits per heavy atom. The normalized spacial score (nSPS) is 13.1. The zero-order valence-electron chi connectivity index (χ0n) is 14.3. The molecule has 0 saturated heterocycles. The second kappa shape index (κ2) is 14.4. The molecular formula is C19H40. The highest BCUT2D eigenvalue weighted by Gasteiger charge is 2.02. The largest absolute Gasteiger partial charge is 0.0654 e. The standard InChI is InChI=1S/C19H40/c1-5-6-7-8-9-10-11-12-16-19(4)17-14-13-15-18(2)3/h18-19H,5-17H2,1-4H3. The van der Waals surface area contributed by atoms with Crippen LogP contribution in [0.4, 0.5) is 0 Å². The van der Waals surface area contributed by atoms with Crippen molar-refractivity contribution in [2.45, 2.75) is 111 Å². The minimum Gasteiger partial charge on any atom is -0.0654 e. The van der Waals surface area contributed by atoms with Crippen LogP contribution in [0.15, 0.2) is 0 Å². The first-order valence-corrected chi connectivity index (χ1v) is 9.16. The van der Waals surface area contributed by atoms with Gasteiger partial charge in [0.2, 0.25) is 0 Å². The summed E-state index contributed by atoms with van der Waals surface area (Å²) in [7, 11) is 0. The van der Waals surface area contributed by atoms with E-state index in [-0.39, 0.29) is 0 Å². The van der Waals surface area contributed by atoms with Crippen molar-refractivity contribution in [2.75, 3.05) is 0 Å². The number of hydrogen-bond acceptors (Lipinski definition) is 0. The molecule has 1 unspecified atom stereocenters. The van der Waals surface area contributed by atoms with Gasteiger partial charge in [0.25, 0.3) is 0 Å². The van der Waals surface area contributed by atoms with Gasteiger partial charge < -0.3 is 0 Å². The van der Waals surface area contributed by atoms with Gasteiger partial charge in [-0.2, -0.15) is 0 Å². The smallest absolute Gasteiger partial charge is 0.0443 e. The Balaban J connectivity index is 3.13. The van der Waals surface area contributed by atoms with Crippen LogP contribution in [0.1, 0.15) is 111 Å². The topological polar surface area (TPSA) is 0 Å². The van der Waals surface area contributed by atoms with E-state index >= 15 is 0 Å². The van der Waals surface area contributed by atoms with Gasteiger partial charge >= 0.3 is 0 Å². The monoisotopic (exact) mass is 268 g/mol. The van der Waals surface area contributed by atoms with Crippen LogP contribution >= 0.6 is 0 Å². The lowest BCUT2D eigenvalue weighted by Crippen LogP contribution is -1.96. The molecule has 0 fully saturated rings. The summed E-state index contributed by atoms with van der Waals surface area (Å²) in [6, 6.07) is 0. The van der Waals surface area contributed by atoms with Crippen LogP contribution in [0.5, 0.6) is 0 Å². The van der Waals surface area contributed by atoms with E-state index in [0.29, 0.717) is 0 Å². The fourth-order valence-corrected chi connectivity index (χ4v) is 2.82. The van der Waals surface area contributed by atoms with Crippen molar-refractivity contribution in [1.29, 1.82) is 0 Å². The zero-order valence-corrected chi connectivity index (χ0v) is 14.3. The summed E-state index contributed by atoms with van der Waals surface area (Å²) >= 11 is 0. The third kappa shape index (κ3) is 15.9. The van der Waals surface area contributed by atoms with Crippen molar-refractivity contribution in [3.8, 4) is 0 Å². The predicted molar refractivity (Wildman–Crippen MR) is 89.7 cm³/mol. The molecule has 0 nitrogen and oxygen atoms in total. The fraction of sp³-hybridized carbons (Fsp3) is 1.00. The second-order valence-corrected chi connectivity index (χ2v) is 7.05. The Bertz CT molecular complexity index is 159. The summed E-state index contributed by atoms with van der Waals surface area (Å²) in [4.78, 5) is 0. The molecule has 0 N–H and O–H groups in total. The Labute approximate surface area is 123 Å². The highest BCUT2D eigenvalue weighted by molar-refractivity contribution is 4.56. The van der Waals surface area contributed by atoms with Crippen LogP contribution < -0.4 is 0 Å². The molecule has 0 radical (unpaired) electrons. The highest BCUT2D eigenvalue weighted by Crippen LogP contribution is 2.18. The molecular weight excluding hydrogens is 228 g/mol. The average Bonchev–Trinajstić information content (AvgIpc) is 2.37. The minimum absolute atomic E-state index is 0.892. The van der Waals surface area contributed by atoms with Crippen LogP contribution in [0.2, 0.25) is 0 Å². The maximum Gasteiger partial charge on any atom is -0.0443 e. The summed E-state index contributed by atoms with van der Waals surface area (Å²) < 4.78 is 0. The molecule has 0 aromatic carbocycles. The van der Waals surface area contributed by atoms with Gasteiger partial charge in [0, 0.05) is 0 Å². The van der Waals surface area contributed by atoms with Crippen molar-refractivity contribution in [3.63, 3.8) is 0 Å². The minimum atomic E-state index is 0.892. The lowest BCUT2D eigenvalue weighted by molar-refractivity contribution is 0.422. The molecule has 0 spiro atoms. The molecule has 0 aromatic rings. The molecule has 0 heterocycles. The van der Waals surface area contributed by atoms with Crippen LogP contribution in [-0.2, 0) is 0 Å². The van der Waals surface area contributed by atoms with Gasteiger partial charge in [-0.3, -0.25) is 0 Å². The Morgan fingerprint density at radius 2 is 0.947 bits per heavy atom. The molecule has 0 rings (SSSR count). The van der Waals surface area contributed by atoms with Crippen LogP contribution in [0.3, 0.4) is 0 Å². The summed E-state index contributed by atoms with van der Waals surface area (Å²) in [5, 5.41) is 0. The first-order chi connectivity index (χ1) is 9.16. The van der Waals surface area contributed by atoms with Gasteiger partial charge in [0.15, 0.2) is 0 Å². The Kier molecular flexibility index (Phi) is 14.4. The van der Waals surface area contributed by atoms with E-state index in [2.05, 4.69) is 27.7 Å². The molecule has 1 atom stereocenters. The lowest BCUT2D eigenvalue weighted by Gasteiger charge is -2.11. The molecule has 0 bridgehead atoms. The number of rotatable bonds is 14. The zero-order chi connectivity index (χ0) is 14.3. The van der Waals surface area contributed by atoms with Crippen LogP contribution in [0, 0.1) is 11.8 Å². The van der Waals surface area contributed by atoms with Gasteiger partial charge in [-0.25, -0.2) is 0 Å². The van der Waals surface area contributed by atoms with Crippen molar-refractivity contribution in [1.82, 2.24) is 0 Å². The first kappa shape index (κ1) is 19.0. The highest BCUT2D eigenvalue weighted by atomic mass is 14.1. The summed E-state index contributed by atoms with van der Waals surface area (Å²) in [5.74, 6) is 1.86. The summed E-state index contributed by atoms with van der Waals surface area (Å²) in [5.41, 5.74) is 0. The van der Waals surface area contributed by atoms with Gasteiger partial charge in [-0.15, -0.1) is 0 Å². The third-order valence-electron chi connectivity index (χ3n) is 4.28. The molecule has 0 amide bonds. The molecule has 0 aliphatic carbocycles. The maximum absolute atomic E-state index is 2.45. The van der Waals surface area contributed by atoms with Crippen LogP contribution in [-0.4, -0.2) is 0 Å². The van der Waals surface area contributed by atoms with Crippen molar-refractivity contribution in [3.05, 3.63) is 0 Å². The molecule has 116 valence electrons. The second-order valence-electron chi connectivity index (χ2n) is 7.05. The van der Waals surface area contributed by atoms with E-state index in [9.17, 15) is 0 Å². The van der Waals surface area contributed by atoms with E-state index in [0.717, 1.165) is 11.8 Å². The van der Waals surface area contributed by atoms with E-state index in [1.54, 1.807) is 0 Å². The van der Waals surface area contributed by atoms with E-state index in [1.807, 2.05) is 0 Å². The van der Waals surface area contributed by atoms with Crippen LogP contribution in [0.25, 0.3) is 0 Å². The Morgan fingerprint density at radius 1 is 0.526 bits per heavy atom. The SMILES string of the molecule is CCCCCCCCCCC(C)CCCCC(C)C. The molecule has 0 aliphatic rings. The molecule has 0 aliphatic heterocycles. The van der Waals surface area contributed by atoms with E-state index in [1.165, 1.54) is 83.5 Å². The molecule has 0 aromatic heterocycles. The van der Waals surface area contributed by atoms with Crippen molar-refractivity contribution in [2.24, 2.45) is 11.8 Å². The van der Waals surface area contributed by atoms with Crippen molar-refractivity contribution >= 4 is 0 Å². The van der Waals surface area contributed by atoms with E-state index in [4.69, 9.17) is 0 Å². The lowest BCUT2D eigenvalue weighted by atomic mass is 9.95. The van der Waals surface area contributed by atoms with Crippen molar-refractivity contribution < 1.29 is 0 Å². The first-order valence-electron chi connectivity index (χ1n) is 9.16. The van der Waals surface area contributed by atoms with Gasteiger partial charge in [0.1, 0.15) is 0 Å². The van der Waals surface area contributed by atoms with Gasteiger partial charge in [0.05, 0.1) is 0 Å². The quantitative estimate of drug-likeness (QED) is 0.288. The molecule has 19 heavy (non-hydrogen) atoms. The molecule has 0 saturated carbocycles. The predicted octanol–water partition coefficient (Wildman–Crippen LogP) is 7.37. The number of hydrogen-bond donors (Lipinski definition) is 0. The fourth-order valence-electron chi connectivity index (χ4n) is 2.82. The number of unbranched alkanes of at least 4 members (excludes halogenated alkanes) is 8. The van der Waals surface area contributed by atoms with Gasteiger partial charge in [-0.1, -0.05) is 111 Å². The third-order valence-corrected chi connectivity index (χ3v) is 4.28. The van der Waals surface area contributed by atoms with E-state index < -0.39 is 0 Å². The molecule has 0 heteroatoms. The Hall–Kier alpha value is 0. The maximum atomic E-state index is 2.45.